The second-order valence-corrected chi connectivity index (χ2v) is 6.59. The molecule has 0 aliphatic rings. The van der Waals surface area contributed by atoms with Crippen LogP contribution in [0.5, 0.6) is 0 Å². The molecule has 0 atom stereocenters. The van der Waals surface area contributed by atoms with Gasteiger partial charge in [0.2, 0.25) is 0 Å². The number of hydrogen-bond donors (Lipinski definition) is 1. The van der Waals surface area contributed by atoms with Crippen molar-refractivity contribution in [3.05, 3.63) is 52.0 Å². The van der Waals surface area contributed by atoms with Gasteiger partial charge in [0.25, 0.3) is 5.69 Å². The van der Waals surface area contributed by atoms with Gasteiger partial charge in [-0.05, 0) is 31.2 Å². The van der Waals surface area contributed by atoms with Crippen LogP contribution in [-0.4, -0.2) is 19.6 Å². The summed E-state index contributed by atoms with van der Waals surface area (Å²) in [5.74, 6) is 1.38. The first-order valence-corrected chi connectivity index (χ1v) is 7.94. The van der Waals surface area contributed by atoms with Gasteiger partial charge < -0.3 is 9.73 Å². The van der Waals surface area contributed by atoms with E-state index >= 15 is 0 Å². The molecule has 0 fully saturated rings. The molecule has 0 saturated carbocycles. The van der Waals surface area contributed by atoms with Gasteiger partial charge in [-0.2, -0.15) is 0 Å². The number of furan rings is 1. The predicted octanol–water partition coefficient (Wildman–Crippen LogP) is 2.51. The Bertz CT molecular complexity index is 780. The zero-order chi connectivity index (χ0) is 15.6. The third-order valence-electron chi connectivity index (χ3n) is 2.84. The van der Waals surface area contributed by atoms with Crippen molar-refractivity contribution in [2.75, 3.05) is 11.6 Å². The number of nitro benzene ring substituents is 1. The van der Waals surface area contributed by atoms with Gasteiger partial charge in [-0.1, -0.05) is 0 Å². The first kappa shape index (κ1) is 15.0. The number of hydrogen-bond acceptors (Lipinski definition) is 6. The second-order valence-electron chi connectivity index (χ2n) is 4.57. The average molecular weight is 310 g/mol. The summed E-state index contributed by atoms with van der Waals surface area (Å²) in [6.07, 6.45) is 1.00. The fourth-order valence-electron chi connectivity index (χ4n) is 1.81. The van der Waals surface area contributed by atoms with Crippen molar-refractivity contribution in [1.82, 2.24) is 0 Å². The van der Waals surface area contributed by atoms with E-state index in [1.165, 1.54) is 12.1 Å². The lowest BCUT2D eigenvalue weighted by Crippen LogP contribution is -2.04. The largest absolute Gasteiger partial charge is 0.465 e. The maximum absolute atomic E-state index is 11.4. The lowest BCUT2D eigenvalue weighted by atomic mass is 10.2. The van der Waals surface area contributed by atoms with Crippen LogP contribution < -0.4 is 5.32 Å². The number of nitrogens with one attached hydrogen (secondary N) is 1. The molecular weight excluding hydrogens is 296 g/mol. The summed E-state index contributed by atoms with van der Waals surface area (Å²) >= 11 is 0. The van der Waals surface area contributed by atoms with Crippen molar-refractivity contribution in [2.45, 2.75) is 18.4 Å². The number of anilines is 1. The van der Waals surface area contributed by atoms with E-state index in [9.17, 15) is 18.5 Å². The van der Waals surface area contributed by atoms with Gasteiger partial charge in [0.15, 0.2) is 9.84 Å². The van der Waals surface area contributed by atoms with Crippen LogP contribution in [0.15, 0.2) is 39.6 Å². The SMILES string of the molecule is Cc1ccc(CNc2ccc(S(C)(=O)=O)cc2[N+](=O)[O-])o1. The van der Waals surface area contributed by atoms with E-state index in [2.05, 4.69) is 5.32 Å². The topological polar surface area (TPSA) is 102 Å². The Labute approximate surface area is 121 Å². The Hall–Kier alpha value is -2.35. The Kier molecular flexibility index (Phi) is 3.99. The molecule has 1 N–H and O–H groups in total. The highest BCUT2D eigenvalue weighted by atomic mass is 32.2. The Morgan fingerprint density at radius 1 is 1.29 bits per heavy atom. The van der Waals surface area contributed by atoms with Gasteiger partial charge in [0.05, 0.1) is 16.4 Å². The molecule has 7 nitrogen and oxygen atoms in total. The van der Waals surface area contributed by atoms with Crippen molar-refractivity contribution in [1.29, 1.82) is 0 Å². The molecule has 0 amide bonds. The van der Waals surface area contributed by atoms with Crippen LogP contribution in [0.2, 0.25) is 0 Å². The third-order valence-corrected chi connectivity index (χ3v) is 3.95. The van der Waals surface area contributed by atoms with E-state index in [1.807, 2.05) is 0 Å². The fraction of sp³-hybridized carbons (Fsp3) is 0.231. The highest BCUT2D eigenvalue weighted by Crippen LogP contribution is 2.28. The highest BCUT2D eigenvalue weighted by Gasteiger charge is 2.18. The number of aryl methyl sites for hydroxylation is 1. The molecule has 0 unspecified atom stereocenters. The van der Waals surface area contributed by atoms with Crippen LogP contribution in [0.1, 0.15) is 11.5 Å². The van der Waals surface area contributed by atoms with Crippen LogP contribution in [0, 0.1) is 17.0 Å². The van der Waals surface area contributed by atoms with E-state index in [-0.39, 0.29) is 22.8 Å². The molecule has 1 heterocycles. The molecule has 0 radical (unpaired) electrons. The normalized spacial score (nSPS) is 11.3. The minimum atomic E-state index is -3.49. The predicted molar refractivity (Wildman–Crippen MR) is 77.0 cm³/mol. The lowest BCUT2D eigenvalue weighted by molar-refractivity contribution is -0.384. The van der Waals surface area contributed by atoms with Crippen LogP contribution in [0.4, 0.5) is 11.4 Å². The van der Waals surface area contributed by atoms with Crippen LogP contribution in [0.3, 0.4) is 0 Å². The van der Waals surface area contributed by atoms with Gasteiger partial charge in [-0.3, -0.25) is 10.1 Å². The maximum Gasteiger partial charge on any atom is 0.293 e. The number of sulfone groups is 1. The number of nitro groups is 1. The minimum Gasteiger partial charge on any atom is -0.465 e. The van der Waals surface area contributed by atoms with E-state index in [0.29, 0.717) is 5.76 Å². The zero-order valence-corrected chi connectivity index (χ0v) is 12.3. The molecule has 1 aromatic carbocycles. The van der Waals surface area contributed by atoms with Crippen molar-refractivity contribution < 1.29 is 17.8 Å². The number of benzene rings is 1. The van der Waals surface area contributed by atoms with Crippen LogP contribution in [-0.2, 0) is 16.4 Å². The van der Waals surface area contributed by atoms with Gasteiger partial charge in [-0.15, -0.1) is 0 Å². The lowest BCUT2D eigenvalue weighted by Gasteiger charge is -2.07. The molecule has 2 rings (SSSR count). The summed E-state index contributed by atoms with van der Waals surface area (Å²) in [6, 6.07) is 7.31. The summed E-state index contributed by atoms with van der Waals surface area (Å²) < 4.78 is 28.2. The molecule has 21 heavy (non-hydrogen) atoms. The molecule has 0 aliphatic carbocycles. The smallest absolute Gasteiger partial charge is 0.293 e. The molecule has 0 bridgehead atoms. The average Bonchev–Trinajstić information content (AvgIpc) is 2.80. The van der Waals surface area contributed by atoms with Gasteiger partial charge in [-0.25, -0.2) is 8.42 Å². The summed E-state index contributed by atoms with van der Waals surface area (Å²) in [4.78, 5) is 10.4. The summed E-state index contributed by atoms with van der Waals surface area (Å²) in [5.41, 5.74) is -0.0531. The Balaban J connectivity index is 2.28. The molecule has 0 spiro atoms. The van der Waals surface area contributed by atoms with Gasteiger partial charge >= 0.3 is 0 Å². The molecule has 8 heteroatoms. The summed E-state index contributed by atoms with van der Waals surface area (Å²) in [7, 11) is -3.49. The van der Waals surface area contributed by atoms with Crippen molar-refractivity contribution in [3.8, 4) is 0 Å². The maximum atomic E-state index is 11.4. The first-order valence-electron chi connectivity index (χ1n) is 6.05. The Morgan fingerprint density at radius 2 is 2.00 bits per heavy atom. The van der Waals surface area contributed by atoms with Crippen molar-refractivity contribution in [3.63, 3.8) is 0 Å². The summed E-state index contributed by atoms with van der Waals surface area (Å²) in [5, 5.41) is 13.9. The first-order chi connectivity index (χ1) is 9.77. The highest BCUT2D eigenvalue weighted by molar-refractivity contribution is 7.90. The number of nitrogens with zero attached hydrogens (tertiary/aromatic N) is 1. The molecular formula is C13H14N2O5S. The standard InChI is InChI=1S/C13H14N2O5S/c1-9-3-4-10(20-9)8-14-12-6-5-11(21(2,18)19)7-13(12)15(16)17/h3-7,14H,8H2,1-2H3. The zero-order valence-electron chi connectivity index (χ0n) is 11.5. The fourth-order valence-corrected chi connectivity index (χ4v) is 2.45. The molecule has 112 valence electrons. The van der Waals surface area contributed by atoms with Gasteiger partial charge in [0, 0.05) is 12.3 Å². The summed E-state index contributed by atoms with van der Waals surface area (Å²) in [6.45, 7) is 2.07. The second kappa shape index (κ2) is 5.57. The molecule has 2 aromatic rings. The monoisotopic (exact) mass is 310 g/mol. The van der Waals surface area contributed by atoms with Crippen molar-refractivity contribution in [2.24, 2.45) is 0 Å². The van der Waals surface area contributed by atoms with Gasteiger partial charge in [0.1, 0.15) is 17.2 Å². The Morgan fingerprint density at radius 3 is 2.52 bits per heavy atom. The van der Waals surface area contributed by atoms with E-state index < -0.39 is 14.8 Å². The minimum absolute atomic E-state index is 0.0893. The quantitative estimate of drug-likeness (QED) is 0.672. The number of rotatable bonds is 5. The van der Waals surface area contributed by atoms with E-state index in [0.717, 1.165) is 18.1 Å². The molecule has 1 aromatic heterocycles. The molecule has 0 aliphatic heterocycles. The van der Waals surface area contributed by atoms with E-state index in [4.69, 9.17) is 4.42 Å². The van der Waals surface area contributed by atoms with Crippen LogP contribution in [0.25, 0.3) is 0 Å². The van der Waals surface area contributed by atoms with E-state index in [1.54, 1.807) is 19.1 Å². The van der Waals surface area contributed by atoms with Crippen LogP contribution >= 0.6 is 0 Å². The van der Waals surface area contributed by atoms with Crippen molar-refractivity contribution >= 4 is 21.2 Å². The third kappa shape index (κ3) is 3.60. The molecule has 0 saturated heterocycles.